The van der Waals surface area contributed by atoms with Crippen LogP contribution in [0.5, 0.6) is 0 Å². The van der Waals surface area contributed by atoms with Crippen molar-refractivity contribution in [2.75, 3.05) is 13.1 Å². The molecule has 1 rings (SSSR count). The molecule has 0 bridgehead atoms. The van der Waals surface area contributed by atoms with Crippen LogP contribution in [-0.4, -0.2) is 30.5 Å². The zero-order chi connectivity index (χ0) is 12.0. The first kappa shape index (κ1) is 13.8. The van der Waals surface area contributed by atoms with E-state index in [1.54, 1.807) is 0 Å². The number of halogens is 3. The van der Waals surface area contributed by atoms with Crippen LogP contribution in [0.3, 0.4) is 0 Å². The molecule has 1 aliphatic carbocycles. The van der Waals surface area contributed by atoms with Gasteiger partial charge in [-0.1, -0.05) is 25.7 Å². The molecule has 2 nitrogen and oxygen atoms in total. The summed E-state index contributed by atoms with van der Waals surface area (Å²) in [7, 11) is 0. The quantitative estimate of drug-likeness (QED) is 0.739. The highest BCUT2D eigenvalue weighted by atomic mass is 19.4. The molecule has 0 spiro atoms. The Kier molecular flexibility index (Phi) is 5.55. The third-order valence-corrected chi connectivity index (χ3v) is 3.12. The van der Waals surface area contributed by atoms with Gasteiger partial charge in [0, 0.05) is 6.54 Å². The highest BCUT2D eigenvalue weighted by Crippen LogP contribution is 2.22. The summed E-state index contributed by atoms with van der Waals surface area (Å²) in [4.78, 5) is 0. The van der Waals surface area contributed by atoms with Gasteiger partial charge in [-0.2, -0.15) is 13.2 Å². The molecular formula is C11H20F3NO. The molecule has 0 aromatic rings. The van der Waals surface area contributed by atoms with Crippen LogP contribution < -0.4 is 5.32 Å². The fraction of sp³-hybridized carbons (Fsp3) is 1.00. The Hall–Kier alpha value is -0.290. The highest BCUT2D eigenvalue weighted by Gasteiger charge is 2.37. The van der Waals surface area contributed by atoms with E-state index in [2.05, 4.69) is 5.32 Å². The minimum absolute atomic E-state index is 0.389. The second-order valence-electron chi connectivity index (χ2n) is 4.57. The second kappa shape index (κ2) is 6.45. The van der Waals surface area contributed by atoms with Gasteiger partial charge in [0.2, 0.25) is 0 Å². The van der Waals surface area contributed by atoms with Crippen LogP contribution in [0.4, 0.5) is 13.2 Å². The van der Waals surface area contributed by atoms with E-state index in [1.165, 1.54) is 25.7 Å². The van der Waals surface area contributed by atoms with E-state index in [4.69, 9.17) is 5.11 Å². The lowest BCUT2D eigenvalue weighted by molar-refractivity contribution is -0.201. The minimum atomic E-state index is -4.50. The van der Waals surface area contributed by atoms with E-state index in [1.807, 2.05) is 0 Å². The number of hydrogen-bond acceptors (Lipinski definition) is 2. The van der Waals surface area contributed by atoms with Crippen molar-refractivity contribution in [1.82, 2.24) is 5.32 Å². The maximum absolute atomic E-state index is 12.0. The molecule has 1 atom stereocenters. The van der Waals surface area contributed by atoms with E-state index in [-0.39, 0.29) is 6.54 Å². The standard InChI is InChI=1S/C11H20F3NO/c12-11(13,14)10(16)8-15-7-9-5-3-1-2-4-6-9/h9-10,15-16H,1-8H2. The van der Waals surface area contributed by atoms with Gasteiger partial charge in [0.05, 0.1) is 0 Å². The van der Waals surface area contributed by atoms with Crippen molar-refractivity contribution < 1.29 is 18.3 Å². The molecule has 0 heterocycles. The zero-order valence-corrected chi connectivity index (χ0v) is 9.39. The van der Waals surface area contributed by atoms with Crippen molar-refractivity contribution >= 4 is 0 Å². The first-order valence-electron chi connectivity index (χ1n) is 5.95. The van der Waals surface area contributed by atoms with Crippen molar-refractivity contribution in [1.29, 1.82) is 0 Å². The Morgan fingerprint density at radius 2 is 1.69 bits per heavy atom. The van der Waals surface area contributed by atoms with E-state index in [9.17, 15) is 13.2 Å². The molecule has 0 aromatic heterocycles. The monoisotopic (exact) mass is 239 g/mol. The van der Waals surface area contributed by atoms with Crippen LogP contribution in [0.15, 0.2) is 0 Å². The predicted molar refractivity (Wildman–Crippen MR) is 56.1 cm³/mol. The predicted octanol–water partition coefficient (Wildman–Crippen LogP) is 2.47. The molecule has 5 heteroatoms. The second-order valence-corrected chi connectivity index (χ2v) is 4.57. The van der Waals surface area contributed by atoms with Crippen molar-refractivity contribution in [3.63, 3.8) is 0 Å². The Bertz CT molecular complexity index is 188. The summed E-state index contributed by atoms with van der Waals surface area (Å²) in [5, 5.41) is 11.5. The molecule has 1 aliphatic rings. The molecule has 0 amide bonds. The van der Waals surface area contributed by atoms with Crippen molar-refractivity contribution in [2.45, 2.75) is 50.8 Å². The van der Waals surface area contributed by atoms with Gasteiger partial charge in [-0.25, -0.2) is 0 Å². The summed E-state index contributed by atoms with van der Waals surface area (Å²) in [5.41, 5.74) is 0. The van der Waals surface area contributed by atoms with E-state index < -0.39 is 12.3 Å². The molecular weight excluding hydrogens is 219 g/mol. The topological polar surface area (TPSA) is 32.3 Å². The third-order valence-electron chi connectivity index (χ3n) is 3.12. The van der Waals surface area contributed by atoms with Crippen LogP contribution in [0.2, 0.25) is 0 Å². The summed E-state index contributed by atoms with van der Waals surface area (Å²) in [6, 6.07) is 0. The number of aliphatic hydroxyl groups excluding tert-OH is 1. The van der Waals surface area contributed by atoms with Gasteiger partial charge in [-0.15, -0.1) is 0 Å². The summed E-state index contributed by atoms with van der Waals surface area (Å²) >= 11 is 0. The van der Waals surface area contributed by atoms with Gasteiger partial charge in [0.15, 0.2) is 6.10 Å². The Balaban J connectivity index is 2.14. The van der Waals surface area contributed by atoms with Crippen LogP contribution in [0.1, 0.15) is 38.5 Å². The molecule has 2 N–H and O–H groups in total. The molecule has 96 valence electrons. The summed E-state index contributed by atoms with van der Waals surface area (Å²) in [5.74, 6) is 0.475. The lowest BCUT2D eigenvalue weighted by Crippen LogP contribution is -2.39. The van der Waals surface area contributed by atoms with Gasteiger partial charge in [0.1, 0.15) is 0 Å². The first-order valence-corrected chi connectivity index (χ1v) is 5.95. The Labute approximate surface area is 94.2 Å². The number of nitrogens with one attached hydrogen (secondary N) is 1. The normalized spacial score (nSPS) is 21.8. The lowest BCUT2D eigenvalue weighted by atomic mass is 10.0. The van der Waals surface area contributed by atoms with Gasteiger partial charge >= 0.3 is 6.18 Å². The third kappa shape index (κ3) is 5.16. The van der Waals surface area contributed by atoms with Crippen LogP contribution >= 0.6 is 0 Å². The average Bonchev–Trinajstić information content (AvgIpc) is 2.44. The molecule has 0 saturated heterocycles. The van der Waals surface area contributed by atoms with E-state index in [0.717, 1.165) is 12.8 Å². The Morgan fingerprint density at radius 1 is 1.12 bits per heavy atom. The molecule has 0 aliphatic heterocycles. The molecule has 0 radical (unpaired) electrons. The highest BCUT2D eigenvalue weighted by molar-refractivity contribution is 4.71. The van der Waals surface area contributed by atoms with Gasteiger partial charge in [-0.05, 0) is 25.3 Å². The number of alkyl halides is 3. The van der Waals surface area contributed by atoms with Crippen molar-refractivity contribution in [3.8, 4) is 0 Å². The van der Waals surface area contributed by atoms with E-state index >= 15 is 0 Å². The SMILES string of the molecule is OC(CNCC1CCCCCC1)C(F)(F)F. The van der Waals surface area contributed by atoms with Gasteiger partial charge in [-0.3, -0.25) is 0 Å². The summed E-state index contributed by atoms with van der Waals surface area (Å²) < 4.78 is 36.0. The van der Waals surface area contributed by atoms with Crippen molar-refractivity contribution in [2.24, 2.45) is 5.92 Å². The maximum Gasteiger partial charge on any atom is 0.415 e. The maximum atomic E-state index is 12.0. The minimum Gasteiger partial charge on any atom is -0.382 e. The van der Waals surface area contributed by atoms with Crippen molar-refractivity contribution in [3.05, 3.63) is 0 Å². The van der Waals surface area contributed by atoms with E-state index in [0.29, 0.717) is 12.5 Å². The lowest BCUT2D eigenvalue weighted by Gasteiger charge is -2.18. The fourth-order valence-electron chi connectivity index (χ4n) is 2.11. The average molecular weight is 239 g/mol. The fourth-order valence-corrected chi connectivity index (χ4v) is 2.11. The molecule has 1 saturated carbocycles. The van der Waals surface area contributed by atoms with Crippen LogP contribution in [0, 0.1) is 5.92 Å². The smallest absolute Gasteiger partial charge is 0.382 e. The molecule has 1 unspecified atom stereocenters. The first-order chi connectivity index (χ1) is 7.50. The number of aliphatic hydroxyl groups is 1. The van der Waals surface area contributed by atoms with Crippen LogP contribution in [0.25, 0.3) is 0 Å². The summed E-state index contributed by atoms with van der Waals surface area (Å²) in [6.45, 7) is 0.202. The Morgan fingerprint density at radius 3 is 2.19 bits per heavy atom. The van der Waals surface area contributed by atoms with Gasteiger partial charge in [0.25, 0.3) is 0 Å². The molecule has 0 aromatic carbocycles. The number of hydrogen-bond donors (Lipinski definition) is 2. The van der Waals surface area contributed by atoms with Gasteiger partial charge < -0.3 is 10.4 Å². The zero-order valence-electron chi connectivity index (χ0n) is 9.39. The number of rotatable bonds is 4. The summed E-state index contributed by atoms with van der Waals surface area (Å²) in [6.07, 6.45) is 0.269. The van der Waals surface area contributed by atoms with Crippen LogP contribution in [-0.2, 0) is 0 Å². The molecule has 16 heavy (non-hydrogen) atoms. The largest absolute Gasteiger partial charge is 0.415 e. The molecule has 1 fully saturated rings.